The molecule has 2 aromatic rings. The highest BCUT2D eigenvalue weighted by Crippen LogP contribution is 2.41. The summed E-state index contributed by atoms with van der Waals surface area (Å²) in [6, 6.07) is 11.3. The van der Waals surface area contributed by atoms with Crippen molar-refractivity contribution >= 4 is 23.4 Å². The summed E-state index contributed by atoms with van der Waals surface area (Å²) in [7, 11) is 2.76. The monoisotopic (exact) mass is 390 g/mol. The fourth-order valence-electron chi connectivity index (χ4n) is 3.18. The smallest absolute Gasteiger partial charge is 0.337 e. The van der Waals surface area contributed by atoms with E-state index in [2.05, 4.69) is 16.9 Å². The second kappa shape index (κ2) is 10.2. The molecule has 1 atom stereocenters. The Balaban J connectivity index is 0.000000537. The quantitative estimate of drug-likeness (QED) is 0.330. The lowest BCUT2D eigenvalue weighted by molar-refractivity contribution is -0.295. The van der Waals surface area contributed by atoms with E-state index in [9.17, 15) is 10.1 Å². The molecular formula is C21H27NO6. The zero-order valence-corrected chi connectivity index (χ0v) is 16.4. The Morgan fingerprint density at radius 3 is 2.54 bits per heavy atom. The number of fused-ring (bicyclic) bond motifs is 1. The molecule has 3 rings (SSSR count). The first-order chi connectivity index (χ1) is 14.0. The van der Waals surface area contributed by atoms with Crippen LogP contribution in [0.4, 0.5) is 0 Å². The molecule has 1 aliphatic rings. The summed E-state index contributed by atoms with van der Waals surface area (Å²) in [5.41, 5.74) is 1.51. The van der Waals surface area contributed by atoms with Gasteiger partial charge in [0.15, 0.2) is 0 Å². The first kappa shape index (κ1) is 20.3. The minimum Gasteiger partial charge on any atom is -0.465 e. The summed E-state index contributed by atoms with van der Waals surface area (Å²) in [6.07, 6.45) is 1.31. The highest BCUT2D eigenvalue weighted by Gasteiger charge is 2.39. The molecular weight excluding hydrogens is 362 g/mol. The lowest BCUT2D eigenvalue weighted by Crippen LogP contribution is -2.43. The van der Waals surface area contributed by atoms with E-state index >= 15 is 0 Å². The molecule has 7 nitrogen and oxygen atoms in total. The van der Waals surface area contributed by atoms with Crippen LogP contribution in [0.3, 0.4) is 0 Å². The van der Waals surface area contributed by atoms with Crippen molar-refractivity contribution < 1.29 is 30.6 Å². The molecule has 1 fully saturated rings. The van der Waals surface area contributed by atoms with Crippen LogP contribution < -0.4 is 0 Å². The maximum absolute atomic E-state index is 11.6. The van der Waals surface area contributed by atoms with Gasteiger partial charge in [-0.1, -0.05) is 25.1 Å². The van der Waals surface area contributed by atoms with Crippen LogP contribution in [0.15, 0.2) is 41.6 Å². The lowest BCUT2D eigenvalue weighted by atomic mass is 9.77. The van der Waals surface area contributed by atoms with Gasteiger partial charge in [-0.15, -0.1) is 5.16 Å². The first-order valence-corrected chi connectivity index (χ1v) is 8.96. The van der Waals surface area contributed by atoms with Gasteiger partial charge in [-0.25, -0.2) is 9.68 Å². The molecule has 1 saturated heterocycles. The number of nitrogens with zero attached hydrogens (tertiary/aromatic N) is 1. The maximum atomic E-state index is 11.6. The van der Waals surface area contributed by atoms with E-state index in [1.165, 1.54) is 14.2 Å². The van der Waals surface area contributed by atoms with Crippen LogP contribution in [0.1, 0.15) is 43.2 Å². The predicted molar refractivity (Wildman–Crippen MR) is 106 cm³/mol. The van der Waals surface area contributed by atoms with Crippen LogP contribution in [-0.4, -0.2) is 45.4 Å². The van der Waals surface area contributed by atoms with E-state index in [0.717, 1.165) is 29.5 Å². The molecule has 0 bridgehead atoms. The second-order valence-electron chi connectivity index (χ2n) is 6.75. The lowest BCUT2D eigenvalue weighted by Gasteiger charge is -2.42. The van der Waals surface area contributed by atoms with Gasteiger partial charge in [-0.3, -0.25) is 5.26 Å². The highest BCUT2D eigenvalue weighted by atomic mass is 17.1. The molecule has 0 radical (unpaired) electrons. The van der Waals surface area contributed by atoms with Crippen molar-refractivity contribution in [2.75, 3.05) is 27.4 Å². The van der Waals surface area contributed by atoms with E-state index in [1.807, 2.05) is 24.3 Å². The Kier molecular flexibility index (Phi) is 7.36. The van der Waals surface area contributed by atoms with E-state index in [4.69, 9.17) is 15.7 Å². The summed E-state index contributed by atoms with van der Waals surface area (Å²) in [6.45, 7) is 4.38. The third-order valence-electron chi connectivity index (χ3n) is 5.07. The van der Waals surface area contributed by atoms with Crippen molar-refractivity contribution in [2.24, 2.45) is 10.6 Å². The number of methoxy groups -OCH3 is 1. The Morgan fingerprint density at radius 1 is 1.32 bits per heavy atom. The standard InChI is InChI=1S/C19H22O5.C2H5NO/c1-3-19(11-23-12-19)10-17(24-21)15-6-4-14-9-16(18(20)22-2)7-5-13(14)8-15;1-3-4-2/h4-9,17,21H,3,10-12H2,1-2H3;1H2,2H3/i;1D. The summed E-state index contributed by atoms with van der Waals surface area (Å²) >= 11 is 0. The maximum Gasteiger partial charge on any atom is 0.337 e. The number of oxime groups is 1. The SMILES string of the molecule is CCC1(CC(OO)c2ccc3cc(C(=O)OC)ccc3c2)COC1.[2H]C=NOC. The minimum atomic E-state index is -0.390. The largest absolute Gasteiger partial charge is 0.465 e. The van der Waals surface area contributed by atoms with E-state index < -0.39 is 6.10 Å². The molecule has 0 spiro atoms. The number of rotatable bonds is 7. The molecule has 0 aliphatic carbocycles. The van der Waals surface area contributed by atoms with Crippen molar-refractivity contribution in [3.63, 3.8) is 0 Å². The summed E-state index contributed by atoms with van der Waals surface area (Å²) in [5, 5.41) is 14.3. The van der Waals surface area contributed by atoms with Gasteiger partial charge < -0.3 is 14.3 Å². The number of hydrogen-bond donors (Lipinski definition) is 1. The minimum absolute atomic E-state index is 0.0805. The highest BCUT2D eigenvalue weighted by molar-refractivity contribution is 5.95. The van der Waals surface area contributed by atoms with Gasteiger partial charge >= 0.3 is 5.97 Å². The van der Waals surface area contributed by atoms with Crippen molar-refractivity contribution in [2.45, 2.75) is 25.9 Å². The third kappa shape index (κ3) is 5.07. The first-order valence-electron chi connectivity index (χ1n) is 9.53. The molecule has 0 amide bonds. The zero-order valence-electron chi connectivity index (χ0n) is 17.4. The molecule has 28 heavy (non-hydrogen) atoms. The van der Waals surface area contributed by atoms with E-state index in [0.29, 0.717) is 25.2 Å². The number of hydrogen-bond acceptors (Lipinski definition) is 7. The zero-order chi connectivity index (χ0) is 21.3. The van der Waals surface area contributed by atoms with Gasteiger partial charge in [-0.2, -0.15) is 0 Å². The molecule has 152 valence electrons. The van der Waals surface area contributed by atoms with Crippen LogP contribution in [-0.2, 0) is 19.2 Å². The number of benzene rings is 2. The summed E-state index contributed by atoms with van der Waals surface area (Å²) in [4.78, 5) is 20.5. The van der Waals surface area contributed by atoms with Gasteiger partial charge in [0.1, 0.15) is 13.2 Å². The van der Waals surface area contributed by atoms with Crippen LogP contribution in [0.25, 0.3) is 10.8 Å². The van der Waals surface area contributed by atoms with Crippen molar-refractivity contribution in [3.8, 4) is 0 Å². The molecule has 2 aromatic carbocycles. The van der Waals surface area contributed by atoms with Crippen molar-refractivity contribution in [1.82, 2.24) is 0 Å². The molecule has 1 heterocycles. The van der Waals surface area contributed by atoms with Gasteiger partial charge in [0.2, 0.25) is 0 Å². The molecule has 0 saturated carbocycles. The number of carbonyl (C=O) groups excluding carboxylic acids is 1. The third-order valence-corrected chi connectivity index (χ3v) is 5.07. The fraction of sp³-hybridized carbons (Fsp3) is 0.429. The van der Waals surface area contributed by atoms with E-state index in [1.54, 1.807) is 12.1 Å². The van der Waals surface area contributed by atoms with Gasteiger partial charge in [-0.05, 0) is 47.4 Å². The van der Waals surface area contributed by atoms with Crippen LogP contribution in [0, 0.1) is 5.41 Å². The number of carbonyl (C=O) groups is 1. The Morgan fingerprint density at radius 2 is 2.04 bits per heavy atom. The van der Waals surface area contributed by atoms with Crippen LogP contribution in [0.5, 0.6) is 0 Å². The normalized spacial score (nSPS) is 16.5. The fourth-order valence-corrected chi connectivity index (χ4v) is 3.18. The van der Waals surface area contributed by atoms with Gasteiger partial charge in [0.25, 0.3) is 0 Å². The average Bonchev–Trinajstić information content (AvgIpc) is 2.73. The summed E-state index contributed by atoms with van der Waals surface area (Å²) < 4.78 is 16.3. The predicted octanol–water partition coefficient (Wildman–Crippen LogP) is 4.22. The number of ether oxygens (including phenoxy) is 2. The Bertz CT molecular complexity index is 832. The van der Waals surface area contributed by atoms with Crippen LogP contribution in [0.2, 0.25) is 0 Å². The van der Waals surface area contributed by atoms with Gasteiger partial charge in [0, 0.05) is 12.1 Å². The molecule has 1 aliphatic heterocycles. The Labute approximate surface area is 166 Å². The molecule has 0 aromatic heterocycles. The average molecular weight is 390 g/mol. The topological polar surface area (TPSA) is 86.6 Å². The van der Waals surface area contributed by atoms with Crippen LogP contribution >= 0.6 is 0 Å². The van der Waals surface area contributed by atoms with E-state index in [-0.39, 0.29) is 11.4 Å². The molecule has 1 unspecified atom stereocenters. The molecule has 1 N–H and O–H groups in total. The summed E-state index contributed by atoms with van der Waals surface area (Å²) in [5.74, 6) is -0.354. The Hall–Kier alpha value is -2.48. The van der Waals surface area contributed by atoms with Crippen molar-refractivity contribution in [3.05, 3.63) is 47.5 Å². The van der Waals surface area contributed by atoms with Gasteiger partial charge in [0.05, 0.1) is 27.3 Å². The second-order valence-corrected chi connectivity index (χ2v) is 6.75. The van der Waals surface area contributed by atoms with Crippen molar-refractivity contribution in [1.29, 1.82) is 0 Å². The molecule has 7 heteroatoms. The number of esters is 1.